The minimum atomic E-state index is -4.53. The molecule has 2 aromatic carbocycles. The summed E-state index contributed by atoms with van der Waals surface area (Å²) in [5, 5.41) is 0. The number of benzene rings is 2. The second-order valence-corrected chi connectivity index (χ2v) is 7.67. The van der Waals surface area contributed by atoms with Gasteiger partial charge in [-0.2, -0.15) is 13.2 Å². The first kappa shape index (κ1) is 19.1. The number of amides is 2. The third kappa shape index (κ3) is 3.58. The standard InChI is InChI=1S/C17H13F3N2O4S/c1-22-15(23)13-6-5-12(8-14(13)16(22)24)27(25,26)21-9-10-3-2-4-11(7-10)17(18,19)20/h2-8,21H,9H2,1H3. The van der Waals surface area contributed by atoms with Crippen molar-refractivity contribution in [3.05, 3.63) is 64.7 Å². The van der Waals surface area contributed by atoms with E-state index in [9.17, 15) is 31.2 Å². The highest BCUT2D eigenvalue weighted by Gasteiger charge is 2.34. The highest BCUT2D eigenvalue weighted by atomic mass is 32.2. The van der Waals surface area contributed by atoms with Gasteiger partial charge in [-0.1, -0.05) is 18.2 Å². The predicted octanol–water partition coefficient (Wildman–Crippen LogP) is 2.41. The summed E-state index contributed by atoms with van der Waals surface area (Å²) < 4.78 is 65.2. The zero-order valence-corrected chi connectivity index (χ0v) is 14.7. The molecule has 142 valence electrons. The fraction of sp³-hybridized carbons (Fsp3) is 0.176. The van der Waals surface area contributed by atoms with Gasteiger partial charge < -0.3 is 0 Å². The second-order valence-electron chi connectivity index (χ2n) is 5.90. The summed E-state index contributed by atoms with van der Waals surface area (Å²) in [6.45, 7) is -0.365. The van der Waals surface area contributed by atoms with Crippen LogP contribution >= 0.6 is 0 Å². The van der Waals surface area contributed by atoms with Gasteiger partial charge in [0.15, 0.2) is 0 Å². The molecule has 0 saturated carbocycles. The monoisotopic (exact) mass is 398 g/mol. The highest BCUT2D eigenvalue weighted by molar-refractivity contribution is 7.89. The second kappa shape index (κ2) is 6.46. The van der Waals surface area contributed by atoms with Crippen molar-refractivity contribution in [3.63, 3.8) is 0 Å². The molecule has 10 heteroatoms. The Labute approximate surface area is 152 Å². The predicted molar refractivity (Wildman–Crippen MR) is 88.3 cm³/mol. The number of rotatable bonds is 4. The Bertz CT molecular complexity index is 1050. The molecule has 0 saturated heterocycles. The molecule has 1 heterocycles. The number of alkyl halides is 3. The third-order valence-electron chi connectivity index (χ3n) is 4.09. The largest absolute Gasteiger partial charge is 0.416 e. The van der Waals surface area contributed by atoms with Crippen LogP contribution in [0.25, 0.3) is 0 Å². The summed E-state index contributed by atoms with van der Waals surface area (Å²) in [6, 6.07) is 7.75. The van der Waals surface area contributed by atoms with Crippen LogP contribution in [0.3, 0.4) is 0 Å². The molecule has 3 rings (SSSR count). The summed E-state index contributed by atoms with van der Waals surface area (Å²) in [4.78, 5) is 24.4. The molecule has 0 radical (unpaired) electrons. The van der Waals surface area contributed by atoms with Crippen LogP contribution in [0.1, 0.15) is 31.8 Å². The normalized spacial score (nSPS) is 14.6. The Morgan fingerprint density at radius 1 is 1.00 bits per heavy atom. The number of carbonyl (C=O) groups is 2. The van der Waals surface area contributed by atoms with Crippen molar-refractivity contribution in [2.45, 2.75) is 17.6 Å². The molecular weight excluding hydrogens is 385 g/mol. The van der Waals surface area contributed by atoms with Crippen LogP contribution in [0.5, 0.6) is 0 Å². The maximum Gasteiger partial charge on any atom is 0.416 e. The molecule has 0 aliphatic carbocycles. The van der Waals surface area contributed by atoms with Gasteiger partial charge in [0.25, 0.3) is 11.8 Å². The van der Waals surface area contributed by atoms with Gasteiger partial charge in [-0.15, -0.1) is 0 Å². The first-order valence-corrected chi connectivity index (χ1v) is 9.11. The van der Waals surface area contributed by atoms with Crippen LogP contribution < -0.4 is 4.72 Å². The number of hydrogen-bond donors (Lipinski definition) is 1. The summed E-state index contributed by atoms with van der Waals surface area (Å²) in [5.41, 5.74) is -0.701. The van der Waals surface area contributed by atoms with Gasteiger partial charge in [-0.25, -0.2) is 13.1 Å². The van der Waals surface area contributed by atoms with E-state index in [0.29, 0.717) is 0 Å². The fourth-order valence-electron chi connectivity index (χ4n) is 2.63. The van der Waals surface area contributed by atoms with Crippen molar-refractivity contribution in [2.24, 2.45) is 0 Å². The molecule has 1 N–H and O–H groups in total. The van der Waals surface area contributed by atoms with Gasteiger partial charge in [0.1, 0.15) is 0 Å². The summed E-state index contributed by atoms with van der Waals surface area (Å²) >= 11 is 0. The Morgan fingerprint density at radius 2 is 1.67 bits per heavy atom. The van der Waals surface area contributed by atoms with E-state index in [0.717, 1.165) is 29.2 Å². The highest BCUT2D eigenvalue weighted by Crippen LogP contribution is 2.29. The molecule has 27 heavy (non-hydrogen) atoms. The van der Waals surface area contributed by atoms with Gasteiger partial charge in [-0.3, -0.25) is 14.5 Å². The first-order chi connectivity index (χ1) is 12.5. The van der Waals surface area contributed by atoms with Gasteiger partial charge in [0.05, 0.1) is 21.6 Å². The van der Waals surface area contributed by atoms with Gasteiger partial charge in [0.2, 0.25) is 10.0 Å². The molecule has 0 aromatic heterocycles. The smallest absolute Gasteiger partial charge is 0.277 e. The van der Waals surface area contributed by atoms with Crippen LogP contribution in [0.4, 0.5) is 13.2 Å². The van der Waals surface area contributed by atoms with E-state index in [2.05, 4.69) is 4.72 Å². The Balaban J connectivity index is 1.83. The number of carbonyl (C=O) groups excluding carboxylic acids is 2. The lowest BCUT2D eigenvalue weighted by atomic mass is 10.1. The maximum atomic E-state index is 12.7. The molecular formula is C17H13F3N2O4S. The number of fused-ring (bicyclic) bond motifs is 1. The van der Waals surface area contributed by atoms with Gasteiger partial charge in [0, 0.05) is 13.6 Å². The van der Waals surface area contributed by atoms with E-state index < -0.39 is 33.6 Å². The minimum Gasteiger partial charge on any atom is -0.277 e. The third-order valence-corrected chi connectivity index (χ3v) is 5.49. The van der Waals surface area contributed by atoms with E-state index in [-0.39, 0.29) is 28.1 Å². The summed E-state index contributed by atoms with van der Waals surface area (Å²) in [7, 11) is -2.82. The Morgan fingerprint density at radius 3 is 2.33 bits per heavy atom. The van der Waals surface area contributed by atoms with Crippen molar-refractivity contribution in [3.8, 4) is 0 Å². The number of hydrogen-bond acceptors (Lipinski definition) is 4. The van der Waals surface area contributed by atoms with Crippen LogP contribution in [0.15, 0.2) is 47.4 Å². The van der Waals surface area contributed by atoms with E-state index in [1.807, 2.05) is 0 Å². The first-order valence-electron chi connectivity index (χ1n) is 7.63. The number of nitrogens with one attached hydrogen (secondary N) is 1. The van der Waals surface area contributed by atoms with Crippen molar-refractivity contribution in [2.75, 3.05) is 7.05 Å². The van der Waals surface area contributed by atoms with Gasteiger partial charge in [-0.05, 0) is 29.8 Å². The number of imide groups is 1. The molecule has 0 unspecified atom stereocenters. The van der Waals surface area contributed by atoms with Crippen LogP contribution in [-0.4, -0.2) is 32.2 Å². The lowest BCUT2D eigenvalue weighted by Gasteiger charge is -2.10. The molecule has 1 aliphatic heterocycles. The van der Waals surface area contributed by atoms with E-state index in [1.165, 1.54) is 25.2 Å². The van der Waals surface area contributed by atoms with Crippen molar-refractivity contribution >= 4 is 21.8 Å². The van der Waals surface area contributed by atoms with Crippen LogP contribution in [-0.2, 0) is 22.7 Å². The molecule has 0 bridgehead atoms. The molecule has 2 amide bonds. The molecule has 0 fully saturated rings. The number of halogens is 3. The molecule has 6 nitrogen and oxygen atoms in total. The van der Waals surface area contributed by atoms with Gasteiger partial charge >= 0.3 is 6.18 Å². The average molecular weight is 398 g/mol. The number of nitrogens with zero attached hydrogens (tertiary/aromatic N) is 1. The van der Waals surface area contributed by atoms with E-state index in [4.69, 9.17) is 0 Å². The SMILES string of the molecule is CN1C(=O)c2ccc(S(=O)(=O)NCc3cccc(C(F)(F)F)c3)cc2C1=O. The number of sulfonamides is 1. The fourth-order valence-corrected chi connectivity index (χ4v) is 3.67. The average Bonchev–Trinajstić information content (AvgIpc) is 2.84. The van der Waals surface area contributed by atoms with Crippen molar-refractivity contribution < 1.29 is 31.2 Å². The molecule has 0 atom stereocenters. The molecule has 2 aromatic rings. The maximum absolute atomic E-state index is 12.7. The summed E-state index contributed by atoms with van der Waals surface area (Å²) in [5.74, 6) is -1.15. The zero-order valence-electron chi connectivity index (χ0n) is 13.9. The van der Waals surface area contributed by atoms with Crippen molar-refractivity contribution in [1.82, 2.24) is 9.62 Å². The molecule has 0 spiro atoms. The molecule has 1 aliphatic rings. The minimum absolute atomic E-state index is 0.0376. The zero-order chi connectivity index (χ0) is 20.0. The van der Waals surface area contributed by atoms with E-state index >= 15 is 0 Å². The van der Waals surface area contributed by atoms with Crippen molar-refractivity contribution in [1.29, 1.82) is 0 Å². The topological polar surface area (TPSA) is 83.6 Å². The Kier molecular flexibility index (Phi) is 4.56. The lowest BCUT2D eigenvalue weighted by molar-refractivity contribution is -0.137. The van der Waals surface area contributed by atoms with Crippen LogP contribution in [0.2, 0.25) is 0 Å². The quantitative estimate of drug-likeness (QED) is 0.802. The lowest BCUT2D eigenvalue weighted by Crippen LogP contribution is -2.24. The van der Waals surface area contributed by atoms with E-state index in [1.54, 1.807) is 0 Å². The van der Waals surface area contributed by atoms with Crippen LogP contribution in [0, 0.1) is 0 Å². The Hall–Kier alpha value is -2.72. The summed E-state index contributed by atoms with van der Waals surface area (Å²) in [6.07, 6.45) is -4.53.